The minimum Gasteiger partial charge on any atom is -0.494 e. The van der Waals surface area contributed by atoms with Crippen LogP contribution in [0.15, 0.2) is 17.0 Å². The number of nitrogens with zero attached hydrogens (tertiary/aromatic N) is 1. The number of benzene rings is 1. The highest BCUT2D eigenvalue weighted by Gasteiger charge is 2.37. The van der Waals surface area contributed by atoms with E-state index in [1.165, 1.54) is 13.2 Å². The molecule has 9 heteroatoms. The summed E-state index contributed by atoms with van der Waals surface area (Å²) in [4.78, 5) is 37.4. The molecule has 0 N–H and O–H groups in total. The molecule has 140 valence electrons. The zero-order valence-electron chi connectivity index (χ0n) is 14.6. The molecule has 1 heterocycles. The predicted octanol–water partition coefficient (Wildman–Crippen LogP) is 4.38. The van der Waals surface area contributed by atoms with Gasteiger partial charge in [0.15, 0.2) is 5.75 Å². The van der Waals surface area contributed by atoms with Crippen molar-refractivity contribution in [2.24, 2.45) is 0 Å². The molecular formula is C17H17Cl2NO5S. The summed E-state index contributed by atoms with van der Waals surface area (Å²) in [5.74, 6) is -0.908. The largest absolute Gasteiger partial charge is 0.494 e. The van der Waals surface area contributed by atoms with Crippen LogP contribution in [-0.2, 0) is 14.3 Å². The van der Waals surface area contributed by atoms with E-state index in [9.17, 15) is 14.4 Å². The number of amides is 2. The lowest BCUT2D eigenvalue weighted by molar-refractivity contribution is -0.156. The molecule has 1 fully saturated rings. The van der Waals surface area contributed by atoms with Crippen LogP contribution in [0.25, 0.3) is 6.08 Å². The number of rotatable bonds is 4. The quantitative estimate of drug-likeness (QED) is 0.534. The maximum absolute atomic E-state index is 12.4. The SMILES string of the molecule is COc1c(Cl)cc(/C=C2/SC(=O)N(CC(=O)OC(C)(C)C)C2=O)cc1Cl. The van der Waals surface area contributed by atoms with Crippen molar-refractivity contribution in [1.29, 1.82) is 0 Å². The maximum Gasteiger partial charge on any atom is 0.326 e. The van der Waals surface area contributed by atoms with Gasteiger partial charge in [-0.1, -0.05) is 23.2 Å². The summed E-state index contributed by atoms with van der Waals surface area (Å²) in [6.07, 6.45) is 1.48. The van der Waals surface area contributed by atoms with Crippen molar-refractivity contribution in [2.75, 3.05) is 13.7 Å². The predicted molar refractivity (Wildman–Crippen MR) is 102 cm³/mol. The first-order valence-electron chi connectivity index (χ1n) is 7.52. The molecule has 1 aromatic carbocycles. The summed E-state index contributed by atoms with van der Waals surface area (Å²) in [5, 5.41) is 0.0104. The van der Waals surface area contributed by atoms with E-state index in [1.807, 2.05) is 0 Å². The van der Waals surface area contributed by atoms with Crippen LogP contribution in [0.2, 0.25) is 10.0 Å². The standard InChI is InChI=1S/C17H17Cl2NO5S/c1-17(2,3)25-13(21)8-20-15(22)12(26-16(20)23)7-9-5-10(18)14(24-4)11(19)6-9/h5-7H,8H2,1-4H3/b12-7+. The molecule has 6 nitrogen and oxygen atoms in total. The second-order valence-corrected chi connectivity index (χ2v) is 8.18. The summed E-state index contributed by atoms with van der Waals surface area (Å²) in [6.45, 7) is 4.67. The second kappa shape index (κ2) is 7.90. The Morgan fingerprint density at radius 1 is 1.23 bits per heavy atom. The Morgan fingerprint density at radius 2 is 1.81 bits per heavy atom. The van der Waals surface area contributed by atoms with Crippen LogP contribution in [0.5, 0.6) is 5.75 Å². The number of carbonyl (C=O) groups excluding carboxylic acids is 3. The van der Waals surface area contributed by atoms with Crippen molar-refractivity contribution in [3.8, 4) is 5.75 Å². The molecule has 0 saturated carbocycles. The van der Waals surface area contributed by atoms with Gasteiger partial charge in [0.1, 0.15) is 12.1 Å². The summed E-state index contributed by atoms with van der Waals surface area (Å²) in [6, 6.07) is 3.13. The summed E-state index contributed by atoms with van der Waals surface area (Å²) in [5.41, 5.74) is -0.172. The van der Waals surface area contributed by atoms with Gasteiger partial charge in [0.25, 0.3) is 11.1 Å². The first-order valence-corrected chi connectivity index (χ1v) is 9.09. The average molecular weight is 418 g/mol. The highest BCUT2D eigenvalue weighted by atomic mass is 35.5. The Labute approximate surface area is 165 Å². The van der Waals surface area contributed by atoms with Gasteiger partial charge in [-0.25, -0.2) is 0 Å². The highest BCUT2D eigenvalue weighted by Crippen LogP contribution is 2.37. The number of imide groups is 1. The molecule has 1 aromatic rings. The minimum atomic E-state index is -0.703. The molecule has 1 aliphatic rings. The smallest absolute Gasteiger partial charge is 0.326 e. The fraction of sp³-hybridized carbons (Fsp3) is 0.353. The number of thioether (sulfide) groups is 1. The van der Waals surface area contributed by atoms with Crippen LogP contribution in [0.3, 0.4) is 0 Å². The Bertz CT molecular complexity index is 778. The number of esters is 1. The maximum atomic E-state index is 12.4. The zero-order valence-corrected chi connectivity index (χ0v) is 16.9. The topological polar surface area (TPSA) is 72.9 Å². The molecule has 0 atom stereocenters. The molecule has 0 aliphatic carbocycles. The Morgan fingerprint density at radius 3 is 2.31 bits per heavy atom. The van der Waals surface area contributed by atoms with Crippen molar-refractivity contribution in [1.82, 2.24) is 4.90 Å². The van der Waals surface area contributed by atoms with E-state index < -0.39 is 29.3 Å². The van der Waals surface area contributed by atoms with Gasteiger partial charge < -0.3 is 9.47 Å². The van der Waals surface area contributed by atoms with E-state index >= 15 is 0 Å². The van der Waals surface area contributed by atoms with Gasteiger partial charge in [-0.2, -0.15) is 0 Å². The molecule has 0 aromatic heterocycles. The van der Waals surface area contributed by atoms with Crippen LogP contribution in [0.4, 0.5) is 4.79 Å². The molecule has 2 amide bonds. The van der Waals surface area contributed by atoms with Crippen LogP contribution in [-0.4, -0.2) is 41.3 Å². The number of hydrogen-bond donors (Lipinski definition) is 0. The van der Waals surface area contributed by atoms with Gasteiger partial charge in [0, 0.05) is 0 Å². The second-order valence-electron chi connectivity index (χ2n) is 6.37. The zero-order chi connectivity index (χ0) is 19.6. The van der Waals surface area contributed by atoms with Crippen molar-refractivity contribution in [3.05, 3.63) is 32.6 Å². The number of hydrogen-bond acceptors (Lipinski definition) is 6. The third-order valence-electron chi connectivity index (χ3n) is 3.10. The van der Waals surface area contributed by atoms with Crippen LogP contribution < -0.4 is 4.74 Å². The number of methoxy groups -OCH3 is 1. The van der Waals surface area contributed by atoms with Gasteiger partial charge in [-0.15, -0.1) is 0 Å². The molecule has 1 saturated heterocycles. The van der Waals surface area contributed by atoms with E-state index in [-0.39, 0.29) is 15.0 Å². The first kappa shape index (κ1) is 20.6. The van der Waals surface area contributed by atoms with Crippen LogP contribution in [0.1, 0.15) is 26.3 Å². The average Bonchev–Trinajstić information content (AvgIpc) is 2.72. The lowest BCUT2D eigenvalue weighted by Crippen LogP contribution is -2.37. The fourth-order valence-electron chi connectivity index (χ4n) is 2.15. The summed E-state index contributed by atoms with van der Waals surface area (Å²) >= 11 is 12.9. The van der Waals surface area contributed by atoms with Gasteiger partial charge >= 0.3 is 5.97 Å². The van der Waals surface area contributed by atoms with Crippen molar-refractivity contribution >= 4 is 58.2 Å². The van der Waals surface area contributed by atoms with Gasteiger partial charge in [-0.05, 0) is 56.3 Å². The normalized spacial score (nSPS) is 16.4. The Kier molecular flexibility index (Phi) is 6.26. The molecule has 26 heavy (non-hydrogen) atoms. The third kappa shape index (κ3) is 4.93. The molecule has 2 rings (SSSR count). The van der Waals surface area contributed by atoms with Crippen LogP contribution in [0, 0.1) is 0 Å². The summed E-state index contributed by atoms with van der Waals surface area (Å²) in [7, 11) is 1.44. The molecule has 0 bridgehead atoms. The van der Waals surface area contributed by atoms with E-state index in [1.54, 1.807) is 32.9 Å². The number of carbonyl (C=O) groups is 3. The summed E-state index contributed by atoms with van der Waals surface area (Å²) < 4.78 is 10.2. The minimum absolute atomic E-state index is 0.163. The highest BCUT2D eigenvalue weighted by molar-refractivity contribution is 8.18. The molecule has 0 radical (unpaired) electrons. The number of halogens is 2. The molecule has 1 aliphatic heterocycles. The van der Waals surface area contributed by atoms with Crippen LogP contribution >= 0.6 is 35.0 Å². The van der Waals surface area contributed by atoms with Crippen molar-refractivity contribution in [3.63, 3.8) is 0 Å². The molecule has 0 spiro atoms. The van der Waals surface area contributed by atoms with E-state index in [0.29, 0.717) is 11.3 Å². The van der Waals surface area contributed by atoms with Gasteiger partial charge in [-0.3, -0.25) is 19.3 Å². The fourth-order valence-corrected chi connectivity index (χ4v) is 3.64. The van der Waals surface area contributed by atoms with Crippen molar-refractivity contribution in [2.45, 2.75) is 26.4 Å². The van der Waals surface area contributed by atoms with Gasteiger partial charge in [0.2, 0.25) is 0 Å². The van der Waals surface area contributed by atoms with E-state index in [4.69, 9.17) is 32.7 Å². The van der Waals surface area contributed by atoms with E-state index in [0.717, 1.165) is 16.7 Å². The molecular weight excluding hydrogens is 401 g/mol. The Hall–Kier alpha value is -1.70. The van der Waals surface area contributed by atoms with Gasteiger partial charge in [0.05, 0.1) is 22.1 Å². The number of ether oxygens (including phenoxy) is 2. The first-order chi connectivity index (χ1) is 12.0. The van der Waals surface area contributed by atoms with Crippen molar-refractivity contribution < 1.29 is 23.9 Å². The monoisotopic (exact) mass is 417 g/mol. The molecule has 0 unspecified atom stereocenters. The lowest BCUT2D eigenvalue weighted by atomic mass is 10.2. The lowest BCUT2D eigenvalue weighted by Gasteiger charge is -2.21. The third-order valence-corrected chi connectivity index (χ3v) is 4.57. The Balaban J connectivity index is 2.20. The van der Waals surface area contributed by atoms with E-state index in [2.05, 4.69) is 0 Å².